The minimum Gasteiger partial charge on any atom is -0.435 e. The number of nitrogens with two attached hydrogens (primary N) is 1. The number of rotatable bonds is 3. The highest BCUT2D eigenvalue weighted by atomic mass is 19.2. The van der Waals surface area contributed by atoms with Crippen LogP contribution in [0.3, 0.4) is 0 Å². The van der Waals surface area contributed by atoms with Gasteiger partial charge in [-0.25, -0.2) is 13.6 Å². The molecule has 0 aliphatic rings. The van der Waals surface area contributed by atoms with Gasteiger partial charge in [0.05, 0.1) is 5.56 Å². The second kappa shape index (κ2) is 4.70. The predicted molar refractivity (Wildman–Crippen MR) is 48.1 cm³/mol. The molecule has 0 fully saturated rings. The Morgan fingerprint density at radius 2 is 2.00 bits per heavy atom. The smallest absolute Gasteiger partial charge is 0.342 e. The minimum atomic E-state index is -1.16. The van der Waals surface area contributed by atoms with Gasteiger partial charge in [0.1, 0.15) is 0 Å². The molecule has 15 heavy (non-hydrogen) atoms. The van der Waals surface area contributed by atoms with Gasteiger partial charge in [-0.05, 0) is 6.07 Å². The van der Waals surface area contributed by atoms with E-state index in [-0.39, 0.29) is 18.0 Å². The van der Waals surface area contributed by atoms with Crippen molar-refractivity contribution in [1.29, 1.82) is 0 Å². The number of ether oxygens (including phenoxy) is 2. The second-order valence-corrected chi connectivity index (χ2v) is 2.69. The van der Waals surface area contributed by atoms with E-state index in [9.17, 15) is 13.6 Å². The molecule has 0 aliphatic carbocycles. The summed E-state index contributed by atoms with van der Waals surface area (Å²) in [5, 5.41) is 0. The Morgan fingerprint density at radius 3 is 2.60 bits per heavy atom. The van der Waals surface area contributed by atoms with Crippen LogP contribution < -0.4 is 5.73 Å². The van der Waals surface area contributed by atoms with Gasteiger partial charge >= 0.3 is 5.97 Å². The third kappa shape index (κ3) is 2.63. The largest absolute Gasteiger partial charge is 0.435 e. The SMILES string of the molecule is COCOC(=O)c1cc(F)c(F)cc1N. The lowest BCUT2D eigenvalue weighted by atomic mass is 10.2. The van der Waals surface area contributed by atoms with Gasteiger partial charge in [-0.3, -0.25) is 0 Å². The van der Waals surface area contributed by atoms with Crippen molar-refractivity contribution < 1.29 is 23.0 Å². The Bertz CT molecular complexity index is 382. The van der Waals surface area contributed by atoms with E-state index >= 15 is 0 Å². The normalized spacial score (nSPS) is 10.1. The van der Waals surface area contributed by atoms with E-state index in [4.69, 9.17) is 5.73 Å². The molecule has 0 aromatic heterocycles. The number of anilines is 1. The first kappa shape index (κ1) is 11.4. The summed E-state index contributed by atoms with van der Waals surface area (Å²) in [5.74, 6) is -3.14. The van der Waals surface area contributed by atoms with Gasteiger partial charge < -0.3 is 15.2 Å². The fraction of sp³-hybridized carbons (Fsp3) is 0.222. The number of methoxy groups -OCH3 is 1. The van der Waals surface area contributed by atoms with Gasteiger partial charge in [0.2, 0.25) is 0 Å². The fourth-order valence-corrected chi connectivity index (χ4v) is 0.929. The summed E-state index contributed by atoms with van der Waals surface area (Å²) in [5.41, 5.74) is 4.90. The molecule has 1 aromatic carbocycles. The third-order valence-electron chi connectivity index (χ3n) is 1.62. The molecule has 0 radical (unpaired) electrons. The highest BCUT2D eigenvalue weighted by molar-refractivity contribution is 5.95. The van der Waals surface area contributed by atoms with E-state index in [2.05, 4.69) is 9.47 Å². The first-order valence-corrected chi connectivity index (χ1v) is 3.97. The summed E-state index contributed by atoms with van der Waals surface area (Å²) in [6, 6.07) is 1.40. The molecular weight excluding hydrogens is 208 g/mol. The van der Waals surface area contributed by atoms with Gasteiger partial charge in [-0.15, -0.1) is 0 Å². The second-order valence-electron chi connectivity index (χ2n) is 2.69. The molecule has 2 N–H and O–H groups in total. The topological polar surface area (TPSA) is 61.5 Å². The van der Waals surface area contributed by atoms with E-state index in [0.717, 1.165) is 6.07 Å². The summed E-state index contributed by atoms with van der Waals surface area (Å²) in [7, 11) is 1.32. The molecule has 82 valence electrons. The number of halogens is 2. The van der Waals surface area contributed by atoms with Crippen molar-refractivity contribution in [3.8, 4) is 0 Å². The summed E-state index contributed by atoms with van der Waals surface area (Å²) in [4.78, 5) is 11.2. The molecule has 1 rings (SSSR count). The molecule has 0 heterocycles. The van der Waals surface area contributed by atoms with Crippen LogP contribution >= 0.6 is 0 Å². The zero-order valence-electron chi connectivity index (χ0n) is 7.92. The maximum Gasteiger partial charge on any atom is 0.342 e. The van der Waals surface area contributed by atoms with Crippen molar-refractivity contribution in [2.75, 3.05) is 19.6 Å². The molecule has 0 amide bonds. The first-order chi connectivity index (χ1) is 7.06. The van der Waals surface area contributed by atoms with Crippen molar-refractivity contribution in [2.45, 2.75) is 0 Å². The maximum atomic E-state index is 12.8. The molecule has 0 unspecified atom stereocenters. The number of hydrogen-bond acceptors (Lipinski definition) is 4. The molecular formula is C9H9F2NO3. The monoisotopic (exact) mass is 217 g/mol. The molecule has 4 nitrogen and oxygen atoms in total. The van der Waals surface area contributed by atoms with Gasteiger partial charge in [0, 0.05) is 18.9 Å². The Morgan fingerprint density at radius 1 is 1.40 bits per heavy atom. The maximum absolute atomic E-state index is 12.8. The number of hydrogen-bond donors (Lipinski definition) is 1. The minimum absolute atomic E-state index is 0.185. The molecule has 0 atom stereocenters. The number of esters is 1. The van der Waals surface area contributed by atoms with Crippen LogP contribution in [0.15, 0.2) is 12.1 Å². The van der Waals surface area contributed by atoms with Crippen LogP contribution in [0.4, 0.5) is 14.5 Å². The van der Waals surface area contributed by atoms with Crippen LogP contribution in [0.25, 0.3) is 0 Å². The van der Waals surface area contributed by atoms with Crippen molar-refractivity contribution in [1.82, 2.24) is 0 Å². The van der Waals surface area contributed by atoms with Gasteiger partial charge in [0.15, 0.2) is 18.4 Å². The third-order valence-corrected chi connectivity index (χ3v) is 1.62. The zero-order chi connectivity index (χ0) is 11.4. The van der Waals surface area contributed by atoms with Crippen LogP contribution in [-0.2, 0) is 9.47 Å². The van der Waals surface area contributed by atoms with Crippen molar-refractivity contribution >= 4 is 11.7 Å². The lowest BCUT2D eigenvalue weighted by Gasteiger charge is -2.06. The van der Waals surface area contributed by atoms with Crippen LogP contribution in [0.2, 0.25) is 0 Å². The van der Waals surface area contributed by atoms with Gasteiger partial charge in [0.25, 0.3) is 0 Å². The Balaban J connectivity index is 2.94. The van der Waals surface area contributed by atoms with Crippen LogP contribution in [0.1, 0.15) is 10.4 Å². The van der Waals surface area contributed by atoms with E-state index in [1.165, 1.54) is 7.11 Å². The Labute approximate surface area is 84.6 Å². The number of benzene rings is 1. The molecule has 1 aromatic rings. The average molecular weight is 217 g/mol. The van der Waals surface area contributed by atoms with Crippen molar-refractivity contribution in [3.05, 3.63) is 29.3 Å². The highest BCUT2D eigenvalue weighted by Crippen LogP contribution is 2.17. The van der Waals surface area contributed by atoms with Gasteiger partial charge in [-0.2, -0.15) is 0 Å². The van der Waals surface area contributed by atoms with Crippen LogP contribution in [0.5, 0.6) is 0 Å². The fourth-order valence-electron chi connectivity index (χ4n) is 0.929. The zero-order valence-corrected chi connectivity index (χ0v) is 7.92. The molecule has 0 aliphatic heterocycles. The van der Waals surface area contributed by atoms with E-state index in [1.807, 2.05) is 0 Å². The lowest BCUT2D eigenvalue weighted by molar-refractivity contribution is -0.0124. The molecule has 0 spiro atoms. The van der Waals surface area contributed by atoms with Crippen LogP contribution in [0, 0.1) is 11.6 Å². The quantitative estimate of drug-likeness (QED) is 0.471. The number of nitrogen functional groups attached to an aromatic ring is 1. The standard InChI is InChI=1S/C9H9F2NO3/c1-14-4-15-9(13)5-2-6(10)7(11)3-8(5)12/h2-3H,4,12H2,1H3. The van der Waals surface area contributed by atoms with Gasteiger partial charge in [-0.1, -0.05) is 0 Å². The molecule has 6 heteroatoms. The Kier molecular flexibility index (Phi) is 3.56. The summed E-state index contributed by atoms with van der Waals surface area (Å²) in [6.45, 7) is -0.280. The van der Waals surface area contributed by atoms with E-state index in [0.29, 0.717) is 6.07 Å². The Hall–Kier alpha value is -1.69. The highest BCUT2D eigenvalue weighted by Gasteiger charge is 2.15. The molecule has 0 bridgehead atoms. The van der Waals surface area contributed by atoms with E-state index in [1.54, 1.807) is 0 Å². The van der Waals surface area contributed by atoms with Crippen molar-refractivity contribution in [3.63, 3.8) is 0 Å². The number of carbonyl (C=O) groups excluding carboxylic acids is 1. The van der Waals surface area contributed by atoms with Crippen LogP contribution in [-0.4, -0.2) is 19.9 Å². The molecule has 0 saturated heterocycles. The number of carbonyl (C=O) groups is 1. The van der Waals surface area contributed by atoms with E-state index < -0.39 is 17.6 Å². The first-order valence-electron chi connectivity index (χ1n) is 3.97. The summed E-state index contributed by atoms with van der Waals surface area (Å²) in [6.07, 6.45) is 0. The lowest BCUT2D eigenvalue weighted by Crippen LogP contribution is -2.11. The molecule has 0 saturated carbocycles. The summed E-state index contributed by atoms with van der Waals surface area (Å²) >= 11 is 0. The van der Waals surface area contributed by atoms with Crippen molar-refractivity contribution in [2.24, 2.45) is 0 Å². The average Bonchev–Trinajstić information content (AvgIpc) is 2.20. The summed E-state index contributed by atoms with van der Waals surface area (Å²) < 4.78 is 34.4. The predicted octanol–water partition coefficient (Wildman–Crippen LogP) is 1.31.